The maximum absolute atomic E-state index is 10.6. The fraction of sp³-hybridized carbons (Fsp3) is 0.250. The molecule has 70 valence electrons. The van der Waals surface area contributed by atoms with Crippen molar-refractivity contribution in [1.29, 1.82) is 0 Å². The molecule has 0 unspecified atom stereocenters. The lowest BCUT2D eigenvalue weighted by molar-refractivity contribution is 0.111. The highest BCUT2D eigenvalue weighted by atomic mass is 35.5. The van der Waals surface area contributed by atoms with Crippen LogP contribution < -0.4 is 9.47 Å². The minimum absolute atomic E-state index is 0.166. The minimum Gasteiger partial charge on any atom is -0.496 e. The number of aldehydes is 1. The van der Waals surface area contributed by atoms with E-state index >= 15 is 0 Å². The first-order valence-corrected chi connectivity index (χ1v) is 3.84. The summed E-state index contributed by atoms with van der Waals surface area (Å²) in [5.74, 6) is 0.520. The van der Waals surface area contributed by atoms with Gasteiger partial charge in [-0.3, -0.25) is 4.79 Å². The highest BCUT2D eigenvalue weighted by molar-refractivity contribution is 6.29. The lowest BCUT2D eigenvalue weighted by Gasteiger charge is -2.07. The van der Waals surface area contributed by atoms with Gasteiger partial charge in [-0.05, 0) is 0 Å². The molecule has 1 aromatic heterocycles. The third kappa shape index (κ3) is 1.89. The summed E-state index contributed by atoms with van der Waals surface area (Å²) in [4.78, 5) is 14.4. The first kappa shape index (κ1) is 9.80. The monoisotopic (exact) mass is 201 g/mol. The smallest absolute Gasteiger partial charge is 0.229 e. The van der Waals surface area contributed by atoms with E-state index in [0.717, 1.165) is 0 Å². The van der Waals surface area contributed by atoms with Gasteiger partial charge in [-0.2, -0.15) is 0 Å². The van der Waals surface area contributed by atoms with Gasteiger partial charge >= 0.3 is 0 Å². The topological polar surface area (TPSA) is 48.4 Å². The summed E-state index contributed by atoms with van der Waals surface area (Å²) in [5.41, 5.74) is 0.259. The summed E-state index contributed by atoms with van der Waals surface area (Å²) >= 11 is 5.65. The van der Waals surface area contributed by atoms with Crippen LogP contribution in [-0.2, 0) is 0 Å². The van der Waals surface area contributed by atoms with Crippen molar-refractivity contribution in [3.8, 4) is 11.6 Å². The Hall–Kier alpha value is -1.29. The second kappa shape index (κ2) is 4.09. The summed E-state index contributed by atoms with van der Waals surface area (Å²) in [6.07, 6.45) is 0.612. The molecule has 5 heteroatoms. The molecule has 13 heavy (non-hydrogen) atoms. The highest BCUT2D eigenvalue weighted by Crippen LogP contribution is 2.27. The van der Waals surface area contributed by atoms with Gasteiger partial charge in [-0.15, -0.1) is 0 Å². The molecule has 0 atom stereocenters. The van der Waals surface area contributed by atoms with Crippen LogP contribution in [-0.4, -0.2) is 25.5 Å². The molecule has 0 saturated heterocycles. The molecule has 0 saturated carbocycles. The van der Waals surface area contributed by atoms with Crippen LogP contribution in [0.25, 0.3) is 0 Å². The molecule has 0 N–H and O–H groups in total. The average molecular weight is 202 g/mol. The number of carbonyl (C=O) groups excluding carboxylic acids is 1. The van der Waals surface area contributed by atoms with Crippen LogP contribution in [0, 0.1) is 0 Å². The summed E-state index contributed by atoms with van der Waals surface area (Å²) in [6, 6.07) is 1.45. The first-order chi connectivity index (χ1) is 6.22. The number of ether oxygens (including phenoxy) is 2. The zero-order valence-electron chi connectivity index (χ0n) is 7.20. The molecular formula is C8H8ClNO3. The van der Waals surface area contributed by atoms with Crippen LogP contribution in [0.1, 0.15) is 10.4 Å². The number of methoxy groups -OCH3 is 2. The molecule has 0 aliphatic carbocycles. The van der Waals surface area contributed by atoms with Crippen molar-refractivity contribution in [1.82, 2.24) is 4.98 Å². The minimum atomic E-state index is 0.166. The second-order valence-corrected chi connectivity index (χ2v) is 2.58. The normalized spacial score (nSPS) is 9.46. The predicted molar refractivity (Wildman–Crippen MR) is 47.7 cm³/mol. The Labute approximate surface area is 80.4 Å². The summed E-state index contributed by atoms with van der Waals surface area (Å²) in [6.45, 7) is 0. The predicted octanol–water partition coefficient (Wildman–Crippen LogP) is 1.56. The maximum Gasteiger partial charge on any atom is 0.229 e. The van der Waals surface area contributed by atoms with Crippen molar-refractivity contribution < 1.29 is 14.3 Å². The molecule has 0 aliphatic rings. The van der Waals surface area contributed by atoms with Gasteiger partial charge in [0.15, 0.2) is 6.29 Å². The Morgan fingerprint density at radius 3 is 2.62 bits per heavy atom. The molecule has 1 rings (SSSR count). The molecule has 0 spiro atoms. The van der Waals surface area contributed by atoms with Crippen LogP contribution in [0.4, 0.5) is 0 Å². The lowest BCUT2D eigenvalue weighted by atomic mass is 10.2. The van der Waals surface area contributed by atoms with E-state index in [9.17, 15) is 4.79 Å². The second-order valence-electron chi connectivity index (χ2n) is 2.19. The van der Waals surface area contributed by atoms with Crippen LogP contribution in [0.3, 0.4) is 0 Å². The molecule has 0 bridgehead atoms. The molecular weight excluding hydrogens is 194 g/mol. The summed E-state index contributed by atoms with van der Waals surface area (Å²) < 4.78 is 9.78. The zero-order chi connectivity index (χ0) is 9.84. The van der Waals surface area contributed by atoms with Crippen molar-refractivity contribution in [2.45, 2.75) is 0 Å². The van der Waals surface area contributed by atoms with Crippen LogP contribution in [0.5, 0.6) is 11.6 Å². The summed E-state index contributed by atoms with van der Waals surface area (Å²) in [7, 11) is 2.85. The van der Waals surface area contributed by atoms with E-state index in [1.54, 1.807) is 0 Å². The van der Waals surface area contributed by atoms with E-state index in [2.05, 4.69) is 4.98 Å². The number of halogens is 1. The Bertz CT molecular complexity index is 302. The quantitative estimate of drug-likeness (QED) is 0.550. The molecule has 1 heterocycles. The largest absolute Gasteiger partial charge is 0.496 e. The van der Waals surface area contributed by atoms with Crippen molar-refractivity contribution in [3.05, 3.63) is 16.8 Å². The highest BCUT2D eigenvalue weighted by Gasteiger charge is 2.12. The van der Waals surface area contributed by atoms with E-state index in [0.29, 0.717) is 12.0 Å². The number of pyridine rings is 1. The van der Waals surface area contributed by atoms with E-state index < -0.39 is 0 Å². The number of nitrogens with zero attached hydrogens (tertiary/aromatic N) is 1. The van der Waals surface area contributed by atoms with Crippen molar-refractivity contribution in [2.75, 3.05) is 14.2 Å². The van der Waals surface area contributed by atoms with Gasteiger partial charge in [0.25, 0.3) is 0 Å². The van der Waals surface area contributed by atoms with Crippen molar-refractivity contribution >= 4 is 17.9 Å². The zero-order valence-corrected chi connectivity index (χ0v) is 7.96. The Kier molecular flexibility index (Phi) is 3.08. The van der Waals surface area contributed by atoms with Crippen LogP contribution in [0.2, 0.25) is 5.15 Å². The molecule has 0 aromatic carbocycles. The van der Waals surface area contributed by atoms with E-state index in [1.807, 2.05) is 0 Å². The Morgan fingerprint density at radius 1 is 1.46 bits per heavy atom. The fourth-order valence-electron chi connectivity index (χ4n) is 0.914. The third-order valence-corrected chi connectivity index (χ3v) is 1.68. The van der Waals surface area contributed by atoms with E-state index in [1.165, 1.54) is 20.3 Å². The van der Waals surface area contributed by atoms with Gasteiger partial charge in [-0.25, -0.2) is 4.98 Å². The maximum atomic E-state index is 10.6. The van der Waals surface area contributed by atoms with Gasteiger partial charge in [0, 0.05) is 6.07 Å². The molecule has 0 fully saturated rings. The number of aromatic nitrogens is 1. The number of carbonyl (C=O) groups is 1. The van der Waals surface area contributed by atoms with Gasteiger partial charge in [0.05, 0.1) is 14.2 Å². The van der Waals surface area contributed by atoms with Gasteiger partial charge < -0.3 is 9.47 Å². The average Bonchev–Trinajstić information content (AvgIpc) is 2.16. The van der Waals surface area contributed by atoms with Gasteiger partial charge in [0.2, 0.25) is 5.88 Å². The Balaban J connectivity index is 3.33. The SMILES string of the molecule is COc1cc(Cl)nc(OC)c1C=O. The van der Waals surface area contributed by atoms with Gasteiger partial charge in [-0.1, -0.05) is 11.6 Å². The van der Waals surface area contributed by atoms with Crippen molar-refractivity contribution in [2.24, 2.45) is 0 Å². The van der Waals surface area contributed by atoms with E-state index in [-0.39, 0.29) is 16.6 Å². The Morgan fingerprint density at radius 2 is 2.15 bits per heavy atom. The summed E-state index contributed by atoms with van der Waals surface area (Å²) in [5, 5.41) is 0.222. The number of rotatable bonds is 3. The van der Waals surface area contributed by atoms with Gasteiger partial charge in [0.1, 0.15) is 16.5 Å². The number of hydrogen-bond acceptors (Lipinski definition) is 4. The third-order valence-electron chi connectivity index (χ3n) is 1.49. The van der Waals surface area contributed by atoms with Crippen molar-refractivity contribution in [3.63, 3.8) is 0 Å². The first-order valence-electron chi connectivity index (χ1n) is 3.46. The van der Waals surface area contributed by atoms with Crippen LogP contribution >= 0.6 is 11.6 Å². The fourth-order valence-corrected chi connectivity index (χ4v) is 1.09. The number of hydrogen-bond donors (Lipinski definition) is 0. The van der Waals surface area contributed by atoms with Crippen LogP contribution in [0.15, 0.2) is 6.07 Å². The van der Waals surface area contributed by atoms with E-state index in [4.69, 9.17) is 21.1 Å². The molecule has 4 nitrogen and oxygen atoms in total. The molecule has 0 amide bonds. The standard InChI is InChI=1S/C8H8ClNO3/c1-12-6-3-7(9)10-8(13-2)5(6)4-11/h3-4H,1-2H3. The molecule has 0 radical (unpaired) electrons. The lowest BCUT2D eigenvalue weighted by Crippen LogP contribution is -1.98. The molecule has 1 aromatic rings. The molecule has 0 aliphatic heterocycles.